The monoisotopic (exact) mass is 229 g/mol. The van der Waals surface area contributed by atoms with E-state index in [2.05, 4.69) is 50.4 Å². The lowest BCUT2D eigenvalue weighted by molar-refractivity contribution is 0.449. The van der Waals surface area contributed by atoms with Gasteiger partial charge in [-0.2, -0.15) is 0 Å². The summed E-state index contributed by atoms with van der Waals surface area (Å²) in [5.74, 6) is 1.01. The summed E-state index contributed by atoms with van der Waals surface area (Å²) in [6, 6.07) is 10.7. The molecule has 1 unspecified atom stereocenters. The molecule has 1 N–H and O–H groups in total. The molecule has 1 aromatic heterocycles. The summed E-state index contributed by atoms with van der Waals surface area (Å²) in [6.07, 6.45) is 1.75. The molecule has 1 heterocycles. The fourth-order valence-electron chi connectivity index (χ4n) is 2.10. The van der Waals surface area contributed by atoms with Crippen LogP contribution in [0.1, 0.15) is 35.4 Å². The van der Waals surface area contributed by atoms with Gasteiger partial charge in [0.25, 0.3) is 0 Å². The van der Waals surface area contributed by atoms with Crippen molar-refractivity contribution in [2.45, 2.75) is 26.8 Å². The highest BCUT2D eigenvalue weighted by Crippen LogP contribution is 2.26. The Morgan fingerprint density at radius 3 is 2.65 bits per heavy atom. The van der Waals surface area contributed by atoms with E-state index in [0.717, 1.165) is 12.3 Å². The molecule has 0 radical (unpaired) electrons. The lowest BCUT2D eigenvalue weighted by atomic mass is 10.0. The second-order valence-corrected chi connectivity index (χ2v) is 4.37. The highest BCUT2D eigenvalue weighted by molar-refractivity contribution is 5.33. The van der Waals surface area contributed by atoms with E-state index in [-0.39, 0.29) is 6.04 Å². The predicted molar refractivity (Wildman–Crippen MR) is 70.1 cm³/mol. The second kappa shape index (κ2) is 5.19. The van der Waals surface area contributed by atoms with Gasteiger partial charge in [-0.15, -0.1) is 0 Å². The molecule has 0 aliphatic heterocycles. The van der Waals surface area contributed by atoms with Crippen LogP contribution in [0.2, 0.25) is 0 Å². The zero-order valence-corrected chi connectivity index (χ0v) is 10.7. The van der Waals surface area contributed by atoms with Gasteiger partial charge in [0.2, 0.25) is 0 Å². The average Bonchev–Trinajstić information content (AvgIpc) is 2.72. The molecule has 17 heavy (non-hydrogen) atoms. The molecule has 2 nitrogen and oxygen atoms in total. The van der Waals surface area contributed by atoms with Crippen LogP contribution >= 0.6 is 0 Å². The molecule has 2 rings (SSSR count). The molecule has 1 aromatic carbocycles. The van der Waals surface area contributed by atoms with Crippen molar-refractivity contribution in [3.63, 3.8) is 0 Å². The second-order valence-electron chi connectivity index (χ2n) is 4.37. The molecular formula is C15H19NO. The van der Waals surface area contributed by atoms with Crippen molar-refractivity contribution in [1.29, 1.82) is 0 Å². The van der Waals surface area contributed by atoms with Crippen LogP contribution in [0.15, 0.2) is 41.0 Å². The van der Waals surface area contributed by atoms with Crippen LogP contribution in [-0.2, 0) is 0 Å². The van der Waals surface area contributed by atoms with Gasteiger partial charge in [-0.1, -0.05) is 36.8 Å². The quantitative estimate of drug-likeness (QED) is 0.866. The first-order valence-electron chi connectivity index (χ1n) is 6.06. The maximum absolute atomic E-state index is 5.61. The lowest BCUT2D eigenvalue weighted by Gasteiger charge is -2.17. The van der Waals surface area contributed by atoms with Crippen LogP contribution in [-0.4, -0.2) is 6.54 Å². The molecule has 2 aromatic rings. The Hall–Kier alpha value is -1.54. The van der Waals surface area contributed by atoms with E-state index in [9.17, 15) is 0 Å². The Labute approximate surface area is 103 Å². The van der Waals surface area contributed by atoms with E-state index < -0.39 is 0 Å². The first kappa shape index (κ1) is 11.9. The minimum Gasteiger partial charge on any atom is -0.467 e. The number of hydrogen-bond acceptors (Lipinski definition) is 2. The van der Waals surface area contributed by atoms with Gasteiger partial charge in [-0.05, 0) is 37.6 Å². The summed E-state index contributed by atoms with van der Waals surface area (Å²) in [4.78, 5) is 0. The Balaban J connectivity index is 2.39. The normalized spacial score (nSPS) is 12.6. The van der Waals surface area contributed by atoms with E-state index in [4.69, 9.17) is 4.42 Å². The number of hydrogen-bond donors (Lipinski definition) is 1. The fourth-order valence-corrected chi connectivity index (χ4v) is 2.10. The smallest absolute Gasteiger partial charge is 0.128 e. The summed E-state index contributed by atoms with van der Waals surface area (Å²) in [5.41, 5.74) is 3.72. The summed E-state index contributed by atoms with van der Waals surface area (Å²) >= 11 is 0. The van der Waals surface area contributed by atoms with Crippen molar-refractivity contribution in [3.05, 3.63) is 59.0 Å². The van der Waals surface area contributed by atoms with Crippen LogP contribution in [0, 0.1) is 13.8 Å². The van der Waals surface area contributed by atoms with Crippen LogP contribution in [0.25, 0.3) is 0 Å². The zero-order chi connectivity index (χ0) is 12.3. The molecule has 1 atom stereocenters. The van der Waals surface area contributed by atoms with Crippen molar-refractivity contribution in [2.75, 3.05) is 6.54 Å². The first-order chi connectivity index (χ1) is 8.22. The molecule has 0 fully saturated rings. The van der Waals surface area contributed by atoms with Crippen LogP contribution in [0.3, 0.4) is 0 Å². The van der Waals surface area contributed by atoms with Crippen molar-refractivity contribution in [2.24, 2.45) is 0 Å². The lowest BCUT2D eigenvalue weighted by Crippen LogP contribution is -2.22. The number of aryl methyl sites for hydroxylation is 2. The van der Waals surface area contributed by atoms with Crippen LogP contribution < -0.4 is 5.32 Å². The molecule has 90 valence electrons. The Kier molecular flexibility index (Phi) is 3.64. The average molecular weight is 229 g/mol. The molecule has 0 aliphatic rings. The molecule has 0 spiro atoms. The van der Waals surface area contributed by atoms with Crippen LogP contribution in [0.5, 0.6) is 0 Å². The van der Waals surface area contributed by atoms with Crippen molar-refractivity contribution < 1.29 is 4.42 Å². The Morgan fingerprint density at radius 1 is 1.24 bits per heavy atom. The maximum Gasteiger partial charge on any atom is 0.128 e. The first-order valence-corrected chi connectivity index (χ1v) is 6.06. The summed E-state index contributed by atoms with van der Waals surface area (Å²) < 4.78 is 5.61. The van der Waals surface area contributed by atoms with Gasteiger partial charge in [0.15, 0.2) is 0 Å². The van der Waals surface area contributed by atoms with Gasteiger partial charge in [0.1, 0.15) is 5.76 Å². The summed E-state index contributed by atoms with van der Waals surface area (Å²) in [6.45, 7) is 7.22. The van der Waals surface area contributed by atoms with Gasteiger partial charge < -0.3 is 9.73 Å². The van der Waals surface area contributed by atoms with E-state index in [1.807, 2.05) is 6.07 Å². The Morgan fingerprint density at radius 2 is 2.06 bits per heavy atom. The Bertz CT molecular complexity index is 487. The fraction of sp³-hybridized carbons (Fsp3) is 0.333. The standard InChI is InChI=1S/C15H19NO/c1-4-16-14(15-12(3)8-9-17-15)13-7-5-6-11(2)10-13/h5-10,14,16H,4H2,1-3H3. The van der Waals surface area contributed by atoms with E-state index in [0.29, 0.717) is 0 Å². The van der Waals surface area contributed by atoms with Gasteiger partial charge >= 0.3 is 0 Å². The van der Waals surface area contributed by atoms with Crippen molar-refractivity contribution in [1.82, 2.24) is 5.32 Å². The zero-order valence-electron chi connectivity index (χ0n) is 10.7. The van der Waals surface area contributed by atoms with Gasteiger partial charge in [0.05, 0.1) is 12.3 Å². The minimum absolute atomic E-state index is 0.148. The summed E-state index contributed by atoms with van der Waals surface area (Å²) in [5, 5.41) is 3.48. The molecular weight excluding hydrogens is 210 g/mol. The summed E-state index contributed by atoms with van der Waals surface area (Å²) in [7, 11) is 0. The van der Waals surface area contributed by atoms with Gasteiger partial charge in [0, 0.05) is 0 Å². The molecule has 0 amide bonds. The SMILES string of the molecule is CCNC(c1cccc(C)c1)c1occc1C. The maximum atomic E-state index is 5.61. The third-order valence-corrected chi connectivity index (χ3v) is 2.95. The van der Waals surface area contributed by atoms with Crippen LogP contribution in [0.4, 0.5) is 0 Å². The van der Waals surface area contributed by atoms with E-state index in [1.54, 1.807) is 6.26 Å². The molecule has 0 bridgehead atoms. The van der Waals surface area contributed by atoms with E-state index in [1.165, 1.54) is 16.7 Å². The third-order valence-electron chi connectivity index (χ3n) is 2.95. The predicted octanol–water partition coefficient (Wildman–Crippen LogP) is 3.60. The molecule has 0 aliphatic carbocycles. The highest BCUT2D eigenvalue weighted by Gasteiger charge is 2.18. The minimum atomic E-state index is 0.148. The van der Waals surface area contributed by atoms with Crippen molar-refractivity contribution in [3.8, 4) is 0 Å². The number of furan rings is 1. The van der Waals surface area contributed by atoms with Gasteiger partial charge in [-0.25, -0.2) is 0 Å². The number of benzene rings is 1. The number of rotatable bonds is 4. The van der Waals surface area contributed by atoms with Gasteiger partial charge in [-0.3, -0.25) is 0 Å². The molecule has 0 saturated carbocycles. The molecule has 2 heteroatoms. The number of nitrogens with one attached hydrogen (secondary N) is 1. The third kappa shape index (κ3) is 2.59. The largest absolute Gasteiger partial charge is 0.467 e. The highest BCUT2D eigenvalue weighted by atomic mass is 16.3. The van der Waals surface area contributed by atoms with E-state index >= 15 is 0 Å². The molecule has 0 saturated heterocycles. The topological polar surface area (TPSA) is 25.2 Å². The van der Waals surface area contributed by atoms with Crippen molar-refractivity contribution >= 4 is 0 Å².